The van der Waals surface area contributed by atoms with Gasteiger partial charge in [-0.15, -0.1) is 0 Å². The molecule has 0 N–H and O–H groups in total. The van der Waals surface area contributed by atoms with Crippen LogP contribution in [0, 0.1) is 0 Å². The number of carbonyl (C=O) groups excluding carboxylic acids is 2. The Morgan fingerprint density at radius 1 is 0.848 bits per heavy atom. The summed E-state index contributed by atoms with van der Waals surface area (Å²) in [6, 6.07) is 22.1. The quantitative estimate of drug-likeness (QED) is 0.553. The Morgan fingerprint density at radius 2 is 1.58 bits per heavy atom. The third-order valence-corrected chi connectivity index (χ3v) is 7.18. The summed E-state index contributed by atoms with van der Waals surface area (Å²) in [4.78, 5) is 32.1. The predicted molar refractivity (Wildman–Crippen MR) is 128 cm³/mol. The van der Waals surface area contributed by atoms with E-state index in [2.05, 4.69) is 29.2 Å². The molecule has 2 fully saturated rings. The van der Waals surface area contributed by atoms with Gasteiger partial charge in [0.2, 0.25) is 0 Å². The summed E-state index contributed by atoms with van der Waals surface area (Å²) in [7, 11) is 3.45. The fourth-order valence-electron chi connectivity index (χ4n) is 5.16. The van der Waals surface area contributed by atoms with Gasteiger partial charge < -0.3 is 9.64 Å². The molecule has 1 spiro atoms. The highest BCUT2D eigenvalue weighted by molar-refractivity contribution is 6.07. The molecule has 0 atom stereocenters. The van der Waals surface area contributed by atoms with Crippen molar-refractivity contribution in [3.05, 3.63) is 77.9 Å². The van der Waals surface area contributed by atoms with Crippen LogP contribution in [-0.2, 0) is 17.9 Å². The smallest absolute Gasteiger partial charge is 0.327 e. The van der Waals surface area contributed by atoms with E-state index in [-0.39, 0.29) is 11.9 Å². The zero-order valence-electron chi connectivity index (χ0n) is 19.2. The standard InChI is InChI=1S/C27H29N3O3/c1-28-26(32)30(19-21-10-11-22-7-3-4-8-23(22)16-21)25(31)27(28)12-14-29(15-13-27)18-20-6-5-9-24(17-20)33-2/h3-11,16-17H,12-15,18-19H2,1-2H3. The van der Waals surface area contributed by atoms with Gasteiger partial charge in [0.25, 0.3) is 5.91 Å². The second-order valence-corrected chi connectivity index (χ2v) is 9.07. The normalized spacial score (nSPS) is 18.5. The number of likely N-dealkylation sites (N-methyl/N-ethyl adjacent to an activating group) is 1. The number of urea groups is 1. The number of rotatable bonds is 5. The van der Waals surface area contributed by atoms with Crippen LogP contribution in [0.5, 0.6) is 5.75 Å². The summed E-state index contributed by atoms with van der Waals surface area (Å²) < 4.78 is 5.33. The molecule has 6 nitrogen and oxygen atoms in total. The van der Waals surface area contributed by atoms with Gasteiger partial charge in [0.15, 0.2) is 0 Å². The van der Waals surface area contributed by atoms with Crippen LogP contribution in [0.2, 0.25) is 0 Å². The molecule has 0 bridgehead atoms. The average molecular weight is 444 g/mol. The van der Waals surface area contributed by atoms with Gasteiger partial charge in [-0.1, -0.05) is 48.5 Å². The van der Waals surface area contributed by atoms with Crippen molar-refractivity contribution in [3.63, 3.8) is 0 Å². The Balaban J connectivity index is 1.29. The van der Waals surface area contributed by atoms with Crippen LogP contribution in [0.3, 0.4) is 0 Å². The highest BCUT2D eigenvalue weighted by Gasteiger charge is 2.56. The van der Waals surface area contributed by atoms with Crippen LogP contribution in [0.15, 0.2) is 66.7 Å². The van der Waals surface area contributed by atoms with Crippen LogP contribution in [-0.4, -0.2) is 59.4 Å². The number of hydrogen-bond acceptors (Lipinski definition) is 4. The van der Waals surface area contributed by atoms with Crippen LogP contribution in [0.25, 0.3) is 10.8 Å². The van der Waals surface area contributed by atoms with Crippen molar-refractivity contribution in [1.82, 2.24) is 14.7 Å². The number of piperidine rings is 1. The largest absolute Gasteiger partial charge is 0.497 e. The number of fused-ring (bicyclic) bond motifs is 1. The zero-order valence-corrected chi connectivity index (χ0v) is 19.2. The topological polar surface area (TPSA) is 53.1 Å². The summed E-state index contributed by atoms with van der Waals surface area (Å²) in [5.41, 5.74) is 1.42. The Labute approximate surface area is 194 Å². The third-order valence-electron chi connectivity index (χ3n) is 7.18. The number of benzene rings is 3. The van der Waals surface area contributed by atoms with E-state index in [1.54, 1.807) is 19.1 Å². The van der Waals surface area contributed by atoms with Crippen molar-refractivity contribution in [2.75, 3.05) is 27.2 Å². The third kappa shape index (κ3) is 3.85. The lowest BCUT2D eigenvalue weighted by atomic mass is 9.86. The monoisotopic (exact) mass is 443 g/mol. The van der Waals surface area contributed by atoms with Gasteiger partial charge in [0.05, 0.1) is 13.7 Å². The van der Waals surface area contributed by atoms with Crippen molar-refractivity contribution in [3.8, 4) is 5.75 Å². The van der Waals surface area contributed by atoms with E-state index in [0.717, 1.165) is 41.7 Å². The van der Waals surface area contributed by atoms with Crippen LogP contribution < -0.4 is 4.74 Å². The van der Waals surface area contributed by atoms with Crippen LogP contribution in [0.1, 0.15) is 24.0 Å². The molecule has 0 saturated carbocycles. The first-order chi connectivity index (χ1) is 16.0. The molecule has 5 rings (SSSR count). The molecule has 33 heavy (non-hydrogen) atoms. The molecule has 0 radical (unpaired) electrons. The average Bonchev–Trinajstić information content (AvgIpc) is 3.01. The van der Waals surface area contributed by atoms with Gasteiger partial charge in [-0.25, -0.2) is 4.79 Å². The number of likely N-dealkylation sites (tertiary alicyclic amines) is 1. The fraction of sp³-hybridized carbons (Fsp3) is 0.333. The van der Waals surface area contributed by atoms with E-state index in [0.29, 0.717) is 19.4 Å². The second-order valence-electron chi connectivity index (χ2n) is 9.07. The zero-order chi connectivity index (χ0) is 23.0. The highest BCUT2D eigenvalue weighted by Crippen LogP contribution is 2.37. The van der Waals surface area contributed by atoms with Gasteiger partial charge in [-0.05, 0) is 52.9 Å². The number of methoxy groups -OCH3 is 1. The van der Waals surface area contributed by atoms with Crippen molar-refractivity contribution in [2.45, 2.75) is 31.5 Å². The lowest BCUT2D eigenvalue weighted by Gasteiger charge is -2.40. The van der Waals surface area contributed by atoms with Crippen LogP contribution in [0.4, 0.5) is 4.79 Å². The molecule has 6 heteroatoms. The predicted octanol–water partition coefficient (Wildman–Crippen LogP) is 4.28. The maximum atomic E-state index is 13.5. The number of ether oxygens (including phenoxy) is 1. The Kier molecular flexibility index (Phi) is 5.54. The summed E-state index contributed by atoms with van der Waals surface area (Å²) >= 11 is 0. The summed E-state index contributed by atoms with van der Waals surface area (Å²) in [6.45, 7) is 2.65. The lowest BCUT2D eigenvalue weighted by Crippen LogP contribution is -2.55. The molecule has 0 aliphatic carbocycles. The molecule has 2 aliphatic rings. The number of hydrogen-bond donors (Lipinski definition) is 0. The van der Waals surface area contributed by atoms with E-state index < -0.39 is 5.54 Å². The molecule has 0 unspecified atom stereocenters. The lowest BCUT2D eigenvalue weighted by molar-refractivity contribution is -0.135. The van der Waals surface area contributed by atoms with E-state index in [1.807, 2.05) is 42.5 Å². The van der Waals surface area contributed by atoms with E-state index in [9.17, 15) is 9.59 Å². The number of nitrogens with zero attached hydrogens (tertiary/aromatic N) is 3. The van der Waals surface area contributed by atoms with Crippen molar-refractivity contribution < 1.29 is 14.3 Å². The maximum absolute atomic E-state index is 13.5. The fourth-order valence-corrected chi connectivity index (χ4v) is 5.16. The molecule has 0 aromatic heterocycles. The number of imide groups is 1. The summed E-state index contributed by atoms with van der Waals surface area (Å²) in [5.74, 6) is 0.783. The Bertz CT molecular complexity index is 1200. The first-order valence-electron chi connectivity index (χ1n) is 11.4. The first kappa shape index (κ1) is 21.5. The SMILES string of the molecule is COc1cccc(CN2CCC3(CC2)C(=O)N(Cc2ccc4ccccc4c2)C(=O)N3C)c1. The first-order valence-corrected chi connectivity index (χ1v) is 11.4. The molecule has 2 aliphatic heterocycles. The molecular formula is C27H29N3O3. The highest BCUT2D eigenvalue weighted by atomic mass is 16.5. The molecule has 3 aromatic rings. The minimum absolute atomic E-state index is 0.0656. The minimum atomic E-state index is -0.737. The molecular weight excluding hydrogens is 414 g/mol. The van der Waals surface area contributed by atoms with Crippen molar-refractivity contribution in [1.29, 1.82) is 0 Å². The van der Waals surface area contributed by atoms with Gasteiger partial charge >= 0.3 is 6.03 Å². The maximum Gasteiger partial charge on any atom is 0.327 e. The minimum Gasteiger partial charge on any atom is -0.497 e. The van der Waals surface area contributed by atoms with Gasteiger partial charge in [0.1, 0.15) is 11.3 Å². The molecule has 2 saturated heterocycles. The van der Waals surface area contributed by atoms with Crippen LogP contribution >= 0.6 is 0 Å². The van der Waals surface area contributed by atoms with Gasteiger partial charge in [0, 0.05) is 26.7 Å². The van der Waals surface area contributed by atoms with E-state index >= 15 is 0 Å². The number of carbonyl (C=O) groups is 2. The van der Waals surface area contributed by atoms with Gasteiger partial charge in [-0.2, -0.15) is 0 Å². The van der Waals surface area contributed by atoms with E-state index in [4.69, 9.17) is 4.74 Å². The molecule has 3 amide bonds. The Hall–Kier alpha value is -3.38. The second kappa shape index (κ2) is 8.52. The van der Waals surface area contributed by atoms with Gasteiger partial charge in [-0.3, -0.25) is 14.6 Å². The Morgan fingerprint density at radius 3 is 2.33 bits per heavy atom. The van der Waals surface area contributed by atoms with Crippen molar-refractivity contribution in [2.24, 2.45) is 0 Å². The number of amides is 3. The molecule has 2 heterocycles. The molecule has 3 aromatic carbocycles. The summed E-state index contributed by atoms with van der Waals surface area (Å²) in [5, 5.41) is 2.26. The van der Waals surface area contributed by atoms with Crippen molar-refractivity contribution >= 4 is 22.7 Å². The van der Waals surface area contributed by atoms with E-state index in [1.165, 1.54) is 10.5 Å². The molecule has 170 valence electrons. The summed E-state index contributed by atoms with van der Waals surface area (Å²) in [6.07, 6.45) is 1.29.